The number of nitrogens with one attached hydrogen (secondary N) is 2. The van der Waals surface area contributed by atoms with Crippen molar-refractivity contribution < 1.29 is 9.53 Å². The topological polar surface area (TPSA) is 104 Å². The number of piperidine rings is 1. The molecule has 9 heteroatoms. The number of ether oxygens (including phenoxy) is 1. The van der Waals surface area contributed by atoms with Gasteiger partial charge in [0.05, 0.1) is 22.3 Å². The second kappa shape index (κ2) is 11.2. The number of benzene rings is 1. The van der Waals surface area contributed by atoms with E-state index in [9.17, 15) is 9.59 Å². The molecule has 9 nitrogen and oxygen atoms in total. The van der Waals surface area contributed by atoms with Crippen LogP contribution in [0.25, 0.3) is 16.6 Å². The minimum atomic E-state index is -0.531. The van der Waals surface area contributed by atoms with Crippen molar-refractivity contribution in [3.05, 3.63) is 63.9 Å². The molecule has 1 aromatic carbocycles. The Hall–Kier alpha value is -3.88. The van der Waals surface area contributed by atoms with Crippen molar-refractivity contribution in [2.75, 3.05) is 18.4 Å². The maximum Gasteiger partial charge on any atom is 0.410 e. The van der Waals surface area contributed by atoms with Crippen molar-refractivity contribution in [3.63, 3.8) is 0 Å². The monoisotopic (exact) mass is 518 g/mol. The number of nitrogens with zero attached hydrogens (tertiary/aromatic N) is 4. The highest BCUT2D eigenvalue weighted by molar-refractivity contribution is 6.02. The number of aromatic nitrogens is 3. The number of aromatic amines is 1. The summed E-state index contributed by atoms with van der Waals surface area (Å²) in [7, 11) is 0. The lowest BCUT2D eigenvalue weighted by Crippen LogP contribution is -2.41. The van der Waals surface area contributed by atoms with E-state index < -0.39 is 5.60 Å². The highest BCUT2D eigenvalue weighted by atomic mass is 16.6. The average Bonchev–Trinajstić information content (AvgIpc) is 3.25. The van der Waals surface area contributed by atoms with Crippen molar-refractivity contribution >= 4 is 34.5 Å². The van der Waals surface area contributed by atoms with Crippen LogP contribution in [-0.4, -0.2) is 50.5 Å². The van der Waals surface area contributed by atoms with Crippen molar-refractivity contribution in [3.8, 4) is 0 Å². The molecule has 0 spiro atoms. The Morgan fingerprint density at radius 3 is 2.68 bits per heavy atom. The van der Waals surface area contributed by atoms with E-state index in [1.165, 1.54) is 0 Å². The molecule has 1 aliphatic rings. The van der Waals surface area contributed by atoms with Crippen LogP contribution in [0.3, 0.4) is 0 Å². The van der Waals surface area contributed by atoms with Crippen LogP contribution in [0.4, 0.5) is 10.5 Å². The molecule has 0 saturated carbocycles. The minimum Gasteiger partial charge on any atom is -0.444 e. The van der Waals surface area contributed by atoms with Gasteiger partial charge in [0, 0.05) is 31.3 Å². The summed E-state index contributed by atoms with van der Waals surface area (Å²) in [5.74, 6) is 0.859. The van der Waals surface area contributed by atoms with Gasteiger partial charge in [-0.15, -0.1) is 0 Å². The third kappa shape index (κ3) is 5.98. The number of anilines is 1. The highest BCUT2D eigenvalue weighted by Crippen LogP contribution is 2.32. The maximum absolute atomic E-state index is 12.8. The molecular formula is C29H38N6O3. The van der Waals surface area contributed by atoms with Crippen LogP contribution in [0, 0.1) is 0 Å². The summed E-state index contributed by atoms with van der Waals surface area (Å²) in [6.07, 6.45) is 7.58. The smallest absolute Gasteiger partial charge is 0.410 e. The molecule has 3 aromatic rings. The molecule has 0 aliphatic carbocycles. The number of allylic oxidation sites excluding steroid dienone is 3. The second-order valence-electron chi connectivity index (χ2n) is 10.7. The summed E-state index contributed by atoms with van der Waals surface area (Å²) in [6.45, 7) is 12.8. The van der Waals surface area contributed by atoms with Gasteiger partial charge < -0.3 is 19.9 Å². The SMILES string of the molecule is C/C=C\C=N/C(Nc1cccc2nn3c(C4CCN(C(=O)OC(C)(C)C)CC4)cc(=O)[nH]c3c12)=C(C)CC. The zero-order valence-corrected chi connectivity index (χ0v) is 23.2. The van der Waals surface area contributed by atoms with Gasteiger partial charge >= 0.3 is 6.09 Å². The predicted octanol–water partition coefficient (Wildman–Crippen LogP) is 5.99. The minimum absolute atomic E-state index is 0.0902. The number of aliphatic imine (C=N–C) groups is 1. The molecule has 2 aromatic heterocycles. The first-order chi connectivity index (χ1) is 18.1. The van der Waals surface area contributed by atoms with E-state index in [1.54, 1.807) is 17.2 Å². The second-order valence-corrected chi connectivity index (χ2v) is 10.7. The molecule has 202 valence electrons. The molecule has 0 unspecified atom stereocenters. The number of carbonyl (C=O) groups excluding carboxylic acids is 1. The van der Waals surface area contributed by atoms with Gasteiger partial charge in [-0.05, 0) is 77.7 Å². The van der Waals surface area contributed by atoms with Gasteiger partial charge in [0.25, 0.3) is 5.56 Å². The van der Waals surface area contributed by atoms with Crippen LogP contribution in [0.2, 0.25) is 0 Å². The summed E-state index contributed by atoms with van der Waals surface area (Å²) in [5, 5.41) is 9.19. The Labute approximate surface area is 223 Å². The van der Waals surface area contributed by atoms with Crippen molar-refractivity contribution in [2.24, 2.45) is 4.99 Å². The fraction of sp³-hybridized carbons (Fsp3) is 0.448. The summed E-state index contributed by atoms with van der Waals surface area (Å²) < 4.78 is 7.39. The fourth-order valence-electron chi connectivity index (χ4n) is 4.61. The van der Waals surface area contributed by atoms with E-state index in [2.05, 4.69) is 29.1 Å². The number of rotatable bonds is 6. The zero-order chi connectivity index (χ0) is 27.4. The Morgan fingerprint density at radius 1 is 1.29 bits per heavy atom. The number of fused-ring (bicyclic) bond motifs is 3. The Bertz CT molecular complexity index is 1460. The van der Waals surface area contributed by atoms with Gasteiger partial charge in [0.2, 0.25) is 0 Å². The largest absolute Gasteiger partial charge is 0.444 e. The van der Waals surface area contributed by atoms with Crippen LogP contribution < -0.4 is 10.9 Å². The fourth-order valence-corrected chi connectivity index (χ4v) is 4.61. The Balaban J connectivity index is 1.69. The number of amides is 1. The summed E-state index contributed by atoms with van der Waals surface area (Å²) in [5.41, 5.74) is 3.50. The van der Waals surface area contributed by atoms with Crippen LogP contribution in [-0.2, 0) is 4.74 Å². The lowest BCUT2D eigenvalue weighted by molar-refractivity contribution is 0.0203. The number of carbonyl (C=O) groups is 1. The van der Waals surface area contributed by atoms with E-state index in [0.717, 1.165) is 52.9 Å². The molecule has 1 amide bonds. The van der Waals surface area contributed by atoms with Crippen molar-refractivity contribution in [1.29, 1.82) is 0 Å². The normalized spacial score (nSPS) is 16.1. The first kappa shape index (κ1) is 27.2. The van der Waals surface area contributed by atoms with Gasteiger partial charge in [-0.2, -0.15) is 5.10 Å². The standard InChI is InChI=1S/C29H38N6O3/c1-7-9-15-30-26(19(3)8-2)31-21-11-10-12-22-25(21)27-32-24(36)18-23(35(27)33-22)20-13-16-34(17-14-20)28(37)38-29(4,5)6/h7,9-12,15,18,20,31H,8,13-14,16-17H2,1-6H3,(H,32,36)/b9-7-,26-19?,30-15-. The first-order valence-electron chi connectivity index (χ1n) is 13.3. The number of hydrogen-bond donors (Lipinski definition) is 2. The van der Waals surface area contributed by atoms with Gasteiger partial charge in [0.1, 0.15) is 17.1 Å². The van der Waals surface area contributed by atoms with Crippen molar-refractivity contribution in [1.82, 2.24) is 19.5 Å². The molecule has 1 fully saturated rings. The van der Waals surface area contributed by atoms with E-state index >= 15 is 0 Å². The molecule has 0 bridgehead atoms. The lowest BCUT2D eigenvalue weighted by atomic mass is 9.93. The molecule has 2 N–H and O–H groups in total. The Morgan fingerprint density at radius 2 is 2.03 bits per heavy atom. The Kier molecular flexibility index (Phi) is 8.04. The van der Waals surface area contributed by atoms with E-state index in [0.29, 0.717) is 18.7 Å². The molecule has 4 rings (SSSR count). The quantitative estimate of drug-likeness (QED) is 0.390. The molecule has 1 saturated heterocycles. The molecule has 0 atom stereocenters. The summed E-state index contributed by atoms with van der Waals surface area (Å²) >= 11 is 0. The van der Waals surface area contributed by atoms with Crippen LogP contribution in [0.15, 0.2) is 57.6 Å². The average molecular weight is 519 g/mol. The van der Waals surface area contributed by atoms with E-state index in [4.69, 9.17) is 9.84 Å². The maximum atomic E-state index is 12.8. The van der Waals surface area contributed by atoms with Crippen molar-refractivity contribution in [2.45, 2.75) is 72.3 Å². The molecule has 3 heterocycles. The predicted molar refractivity (Wildman–Crippen MR) is 153 cm³/mol. The van der Waals surface area contributed by atoms with Gasteiger partial charge in [0.15, 0.2) is 0 Å². The number of likely N-dealkylation sites (tertiary alicyclic amines) is 1. The first-order valence-corrected chi connectivity index (χ1v) is 13.3. The van der Waals surface area contributed by atoms with Crippen LogP contribution >= 0.6 is 0 Å². The lowest BCUT2D eigenvalue weighted by Gasteiger charge is -2.33. The van der Waals surface area contributed by atoms with Gasteiger partial charge in [-0.3, -0.25) is 4.79 Å². The van der Waals surface area contributed by atoms with Gasteiger partial charge in [-0.1, -0.05) is 19.1 Å². The molecular weight excluding hydrogens is 480 g/mol. The van der Waals surface area contributed by atoms with Gasteiger partial charge in [-0.25, -0.2) is 14.3 Å². The van der Waals surface area contributed by atoms with E-state index in [1.807, 2.05) is 62.6 Å². The highest BCUT2D eigenvalue weighted by Gasteiger charge is 2.29. The molecule has 1 aliphatic heterocycles. The number of H-pyrrole nitrogens is 1. The molecule has 38 heavy (non-hydrogen) atoms. The van der Waals surface area contributed by atoms with Crippen LogP contribution in [0.1, 0.15) is 72.4 Å². The van der Waals surface area contributed by atoms with E-state index in [-0.39, 0.29) is 17.6 Å². The molecule has 0 radical (unpaired) electrons. The van der Waals surface area contributed by atoms with Crippen LogP contribution in [0.5, 0.6) is 0 Å². The third-order valence-corrected chi connectivity index (χ3v) is 6.70. The third-order valence-electron chi connectivity index (χ3n) is 6.70. The zero-order valence-electron chi connectivity index (χ0n) is 23.2. The summed E-state index contributed by atoms with van der Waals surface area (Å²) in [6, 6.07) is 7.50. The number of hydrogen-bond acceptors (Lipinski definition) is 6. The summed E-state index contributed by atoms with van der Waals surface area (Å²) in [4.78, 5) is 34.7.